The summed E-state index contributed by atoms with van der Waals surface area (Å²) in [6, 6.07) is 11.2. The minimum atomic E-state index is -0.625. The Labute approximate surface area is 209 Å². The number of hydrogen-bond acceptors (Lipinski definition) is 8. The molecule has 1 aliphatic rings. The summed E-state index contributed by atoms with van der Waals surface area (Å²) in [4.78, 5) is 8.83. The maximum Gasteiger partial charge on any atom is 0.189 e. The Kier molecular flexibility index (Phi) is 6.16. The van der Waals surface area contributed by atoms with Crippen LogP contribution in [0.1, 0.15) is 48.4 Å². The molecule has 0 unspecified atom stereocenters. The molecule has 3 heterocycles. The van der Waals surface area contributed by atoms with Gasteiger partial charge in [0.25, 0.3) is 0 Å². The maximum atomic E-state index is 10.1. The number of aliphatic hydroxyl groups is 1. The van der Waals surface area contributed by atoms with E-state index in [1.807, 2.05) is 30.7 Å². The zero-order valence-corrected chi connectivity index (χ0v) is 20.7. The maximum absolute atomic E-state index is 10.1. The molecule has 3 aromatic heterocycles. The molecule has 0 spiro atoms. The monoisotopic (exact) mass is 484 g/mol. The second-order valence-electron chi connectivity index (χ2n) is 9.10. The minimum Gasteiger partial charge on any atom is -0.491 e. The smallest absolute Gasteiger partial charge is 0.189 e. The van der Waals surface area contributed by atoms with Crippen LogP contribution in [0.3, 0.4) is 0 Å². The van der Waals surface area contributed by atoms with Crippen LogP contribution in [-0.4, -0.2) is 41.7 Å². The molecule has 0 aliphatic heterocycles. The number of nitrogens with zero attached hydrogens (tertiary/aromatic N) is 7. The standard InChI is InChI=1S/C26H28N8O2/c1-15-23(17(3)35)16(2)34(31-15)22-11-21(28-14-29-22)30-26-25(36-4)24(32-33(26)13-19-5-6-19)20-9-7-18(12-27)8-10-20/h7-11,14,17,19,35H,5-6,13H2,1-4H3,(H,28,29,30)/t17-/m0/s1. The van der Waals surface area contributed by atoms with Crippen molar-refractivity contribution in [1.82, 2.24) is 29.5 Å². The van der Waals surface area contributed by atoms with Gasteiger partial charge in [-0.2, -0.15) is 15.5 Å². The van der Waals surface area contributed by atoms with Gasteiger partial charge in [-0.1, -0.05) is 12.1 Å². The van der Waals surface area contributed by atoms with E-state index < -0.39 is 6.10 Å². The van der Waals surface area contributed by atoms with Crippen LogP contribution in [0.5, 0.6) is 5.75 Å². The van der Waals surface area contributed by atoms with Crippen LogP contribution in [0.15, 0.2) is 36.7 Å². The van der Waals surface area contributed by atoms with Crippen LogP contribution in [0.2, 0.25) is 0 Å². The van der Waals surface area contributed by atoms with Crippen molar-refractivity contribution >= 4 is 11.6 Å². The molecular formula is C26H28N8O2. The summed E-state index contributed by atoms with van der Waals surface area (Å²) in [6.07, 6.45) is 3.20. The van der Waals surface area contributed by atoms with Gasteiger partial charge in [0.15, 0.2) is 17.4 Å². The van der Waals surface area contributed by atoms with E-state index in [2.05, 4.69) is 26.5 Å². The van der Waals surface area contributed by atoms with Crippen LogP contribution in [-0.2, 0) is 6.54 Å². The normalized spacial score (nSPS) is 13.9. The van der Waals surface area contributed by atoms with Crippen molar-refractivity contribution < 1.29 is 9.84 Å². The van der Waals surface area contributed by atoms with Crippen LogP contribution in [0, 0.1) is 31.1 Å². The van der Waals surface area contributed by atoms with Crippen molar-refractivity contribution in [3.63, 3.8) is 0 Å². The molecule has 2 N–H and O–H groups in total. The number of nitriles is 1. The van der Waals surface area contributed by atoms with E-state index in [0.29, 0.717) is 40.4 Å². The highest BCUT2D eigenvalue weighted by atomic mass is 16.5. The summed E-state index contributed by atoms with van der Waals surface area (Å²) in [5.74, 6) is 3.03. The fourth-order valence-corrected chi connectivity index (χ4v) is 4.46. The number of methoxy groups -OCH3 is 1. The van der Waals surface area contributed by atoms with Crippen molar-refractivity contribution in [2.75, 3.05) is 12.4 Å². The van der Waals surface area contributed by atoms with Gasteiger partial charge < -0.3 is 15.2 Å². The Morgan fingerprint density at radius 1 is 1.19 bits per heavy atom. The highest BCUT2D eigenvalue weighted by Gasteiger charge is 2.27. The summed E-state index contributed by atoms with van der Waals surface area (Å²) in [7, 11) is 1.62. The Morgan fingerprint density at radius 2 is 1.94 bits per heavy atom. The van der Waals surface area contributed by atoms with Gasteiger partial charge in [-0.3, -0.25) is 0 Å². The van der Waals surface area contributed by atoms with Crippen LogP contribution in [0.25, 0.3) is 17.1 Å². The molecule has 1 saturated carbocycles. The molecule has 5 rings (SSSR count). The molecule has 0 amide bonds. The lowest BCUT2D eigenvalue weighted by molar-refractivity contribution is 0.197. The third kappa shape index (κ3) is 4.41. The number of hydrogen-bond donors (Lipinski definition) is 2. The molecule has 0 radical (unpaired) electrons. The molecule has 10 heteroatoms. The van der Waals surface area contributed by atoms with Crippen molar-refractivity contribution in [2.24, 2.45) is 5.92 Å². The van der Waals surface area contributed by atoms with Gasteiger partial charge >= 0.3 is 0 Å². The fraction of sp³-hybridized carbons (Fsp3) is 0.346. The highest BCUT2D eigenvalue weighted by molar-refractivity contribution is 5.76. The van der Waals surface area contributed by atoms with Gasteiger partial charge in [0.05, 0.1) is 30.5 Å². The lowest BCUT2D eigenvalue weighted by Gasteiger charge is -2.12. The number of aliphatic hydroxyl groups excluding tert-OH is 1. The van der Waals surface area contributed by atoms with Gasteiger partial charge in [0.1, 0.15) is 17.8 Å². The third-order valence-electron chi connectivity index (χ3n) is 6.41. The molecule has 1 aliphatic carbocycles. The molecule has 184 valence electrons. The second kappa shape index (κ2) is 9.43. The van der Waals surface area contributed by atoms with E-state index >= 15 is 0 Å². The van der Waals surface area contributed by atoms with Crippen LogP contribution in [0.4, 0.5) is 11.6 Å². The lowest BCUT2D eigenvalue weighted by Crippen LogP contribution is -2.09. The summed E-state index contributed by atoms with van der Waals surface area (Å²) < 4.78 is 9.47. The molecular weight excluding hydrogens is 456 g/mol. The average molecular weight is 485 g/mol. The largest absolute Gasteiger partial charge is 0.491 e. The van der Waals surface area contributed by atoms with Crippen LogP contribution >= 0.6 is 0 Å². The average Bonchev–Trinajstić information content (AvgIpc) is 3.55. The summed E-state index contributed by atoms with van der Waals surface area (Å²) in [5, 5.41) is 32.1. The number of ether oxygens (including phenoxy) is 1. The van der Waals surface area contributed by atoms with E-state index in [1.54, 1.807) is 36.9 Å². The fourth-order valence-electron chi connectivity index (χ4n) is 4.46. The number of aromatic nitrogens is 6. The van der Waals surface area contributed by atoms with Crippen molar-refractivity contribution in [1.29, 1.82) is 5.26 Å². The molecule has 36 heavy (non-hydrogen) atoms. The SMILES string of the molecule is COc1c(-c2ccc(C#N)cc2)nn(CC2CC2)c1Nc1cc(-n2nc(C)c([C@H](C)O)c2C)ncn1. The van der Waals surface area contributed by atoms with E-state index in [4.69, 9.17) is 15.1 Å². The Hall–Kier alpha value is -4.23. The van der Waals surface area contributed by atoms with E-state index in [-0.39, 0.29) is 0 Å². The third-order valence-corrected chi connectivity index (χ3v) is 6.41. The first-order valence-corrected chi connectivity index (χ1v) is 11.9. The quantitative estimate of drug-likeness (QED) is 0.380. The predicted molar refractivity (Wildman–Crippen MR) is 134 cm³/mol. The van der Waals surface area contributed by atoms with Crippen molar-refractivity contribution in [3.05, 3.63) is 59.2 Å². The van der Waals surface area contributed by atoms with Gasteiger partial charge in [-0.15, -0.1) is 0 Å². The molecule has 4 aromatic rings. The van der Waals surface area contributed by atoms with E-state index in [1.165, 1.54) is 19.2 Å². The number of anilines is 2. The highest BCUT2D eigenvalue weighted by Crippen LogP contribution is 2.40. The van der Waals surface area contributed by atoms with Gasteiger partial charge in [0, 0.05) is 29.4 Å². The summed E-state index contributed by atoms with van der Waals surface area (Å²) >= 11 is 0. The van der Waals surface area contributed by atoms with Gasteiger partial charge in [-0.25, -0.2) is 19.3 Å². The van der Waals surface area contributed by atoms with E-state index in [0.717, 1.165) is 29.1 Å². The van der Waals surface area contributed by atoms with Crippen LogP contribution < -0.4 is 10.1 Å². The zero-order chi connectivity index (χ0) is 25.4. The Bertz CT molecular complexity index is 1440. The molecule has 1 aromatic carbocycles. The first-order chi connectivity index (χ1) is 17.4. The minimum absolute atomic E-state index is 0.563. The molecule has 0 saturated heterocycles. The number of rotatable bonds is 8. The molecule has 1 atom stereocenters. The molecule has 10 nitrogen and oxygen atoms in total. The summed E-state index contributed by atoms with van der Waals surface area (Å²) in [6.45, 7) is 6.28. The van der Waals surface area contributed by atoms with Crippen molar-refractivity contribution in [3.8, 4) is 28.9 Å². The first kappa shape index (κ1) is 23.5. The Morgan fingerprint density at radius 3 is 2.56 bits per heavy atom. The predicted octanol–water partition coefficient (Wildman–Crippen LogP) is 4.23. The Balaban J connectivity index is 1.54. The first-order valence-electron chi connectivity index (χ1n) is 11.9. The number of nitrogens with one attached hydrogen (secondary N) is 1. The topological polar surface area (TPSA) is 127 Å². The number of aryl methyl sites for hydroxylation is 1. The van der Waals surface area contributed by atoms with Crippen molar-refractivity contribution in [2.45, 2.75) is 46.3 Å². The molecule has 1 fully saturated rings. The van der Waals surface area contributed by atoms with Gasteiger partial charge in [0.2, 0.25) is 0 Å². The number of benzene rings is 1. The summed E-state index contributed by atoms with van der Waals surface area (Å²) in [5.41, 5.74) is 4.52. The lowest BCUT2D eigenvalue weighted by atomic mass is 10.1. The van der Waals surface area contributed by atoms with Gasteiger partial charge in [-0.05, 0) is 51.7 Å². The second-order valence-corrected chi connectivity index (χ2v) is 9.10. The zero-order valence-electron chi connectivity index (χ0n) is 20.7. The molecule has 0 bridgehead atoms. The van der Waals surface area contributed by atoms with E-state index in [9.17, 15) is 5.11 Å².